The molecule has 302 valence electrons. The van der Waals surface area contributed by atoms with Gasteiger partial charge in [-0.2, -0.15) is 0 Å². The summed E-state index contributed by atoms with van der Waals surface area (Å²) < 4.78 is 0. The Balaban J connectivity index is 6.00. The van der Waals surface area contributed by atoms with E-state index in [4.69, 9.17) is 0 Å². The summed E-state index contributed by atoms with van der Waals surface area (Å²) in [6.45, 7) is 91.3. The van der Waals surface area contributed by atoms with Crippen LogP contribution in [0.1, 0.15) is 228 Å². The minimum absolute atomic E-state index is 0.319. The lowest BCUT2D eigenvalue weighted by atomic mass is 10.2. The van der Waals surface area contributed by atoms with E-state index in [1.165, 1.54) is 0 Å². The normalized spacial score (nSPS) is 19.1. The number of hydrogen-bond acceptors (Lipinski definition) is 0. The standard InChI is InChI=1S/C44H99Si7/c1-34(2,3)48(35(4,5)6,36(7,8)9)45-46(49(37(10,11)12,38(13,14)15)39(16,17)18)51(43(28,29)30,44(31,32)33)47(45)50(40(19,20)21,41(22,23)24)42(25,26)27/h1-33H3/q+1. The van der Waals surface area contributed by atoms with Crippen LogP contribution in [0, 0.1) is 0 Å². The molecule has 7 heteroatoms. The lowest BCUT2D eigenvalue weighted by Gasteiger charge is -2.75. The zero-order valence-electron chi connectivity index (χ0n) is 42.0. The highest BCUT2D eigenvalue weighted by Crippen LogP contribution is 2.76. The summed E-state index contributed by atoms with van der Waals surface area (Å²) in [7, 11) is -9.56. The van der Waals surface area contributed by atoms with Gasteiger partial charge in [0.15, 0.2) is 15.2 Å². The van der Waals surface area contributed by atoms with Gasteiger partial charge in [0, 0.05) is 0 Å². The third-order valence-corrected chi connectivity index (χ3v) is 171. The SMILES string of the molecule is CC(C)(C)[Si]1(C(C)(C)C)[Si]([Si](C(C)(C)C)(C(C)(C)C)C(C)(C)C)=[Si]([Si](C(C)(C)C)(C(C)(C)C)C(C)(C)C)[Si+]1[Si](C(C)(C)C)(C(C)(C)C)C(C)(C)C. The largest absolute Gasteiger partial charge is 0.220 e. The molecule has 1 aliphatic rings. The molecule has 0 aromatic carbocycles. The van der Waals surface area contributed by atoms with Gasteiger partial charge in [-0.15, -0.1) is 0 Å². The number of hydrogen-bond donors (Lipinski definition) is 0. The van der Waals surface area contributed by atoms with Crippen LogP contribution in [0.25, 0.3) is 0 Å². The van der Waals surface area contributed by atoms with Gasteiger partial charge in [-0.1, -0.05) is 228 Å². The lowest BCUT2D eigenvalue weighted by Crippen LogP contribution is -3.03. The smallest absolute Gasteiger partial charge is 0.0625 e. The van der Waals surface area contributed by atoms with E-state index in [1.54, 1.807) is 0 Å². The molecule has 0 amide bonds. The molecule has 0 radical (unpaired) electrons. The monoisotopic (exact) mass is 824 g/mol. The van der Waals surface area contributed by atoms with E-state index >= 15 is 0 Å². The van der Waals surface area contributed by atoms with E-state index in [1.807, 2.05) is 0 Å². The van der Waals surface area contributed by atoms with Crippen molar-refractivity contribution in [3.63, 3.8) is 0 Å². The van der Waals surface area contributed by atoms with Crippen LogP contribution in [-0.4, -0.2) is 51.1 Å². The fourth-order valence-corrected chi connectivity index (χ4v) is 338. The van der Waals surface area contributed by atoms with Crippen molar-refractivity contribution in [1.29, 1.82) is 0 Å². The molecular weight excluding hydrogens is 725 g/mol. The van der Waals surface area contributed by atoms with E-state index < -0.39 is 51.1 Å². The maximum Gasteiger partial charge on any atom is 0.220 e. The van der Waals surface area contributed by atoms with Gasteiger partial charge in [0.2, 0.25) is 7.11 Å². The zero-order valence-corrected chi connectivity index (χ0v) is 49.0. The Morgan fingerprint density at radius 2 is 0.490 bits per heavy atom. The molecule has 1 aliphatic heterocycles. The predicted octanol–water partition coefficient (Wildman–Crippen LogP) is 16.6. The molecular formula is C44H99Si7+. The Hall–Kier alpha value is 1.52. The molecule has 0 aromatic heterocycles. The Bertz CT molecular complexity index is 1180. The van der Waals surface area contributed by atoms with Crippen LogP contribution in [-0.2, 0) is 0 Å². The van der Waals surface area contributed by atoms with Gasteiger partial charge in [-0.05, 0) is 55.4 Å². The maximum absolute atomic E-state index is 2.87. The van der Waals surface area contributed by atoms with Gasteiger partial charge in [-0.3, -0.25) is 0 Å². The van der Waals surface area contributed by atoms with E-state index in [9.17, 15) is 0 Å². The Kier molecular flexibility index (Phi) is 12.9. The minimum atomic E-state index is -2.19. The molecule has 0 saturated heterocycles. The highest BCUT2D eigenvalue weighted by atomic mass is 30.3. The van der Waals surface area contributed by atoms with Gasteiger partial charge in [0.1, 0.15) is 28.8 Å². The summed E-state index contributed by atoms with van der Waals surface area (Å²) in [6.07, 6.45) is 0. The van der Waals surface area contributed by atoms with Crippen molar-refractivity contribution in [3.8, 4) is 0 Å². The Morgan fingerprint density at radius 3 is 0.627 bits per heavy atom. The van der Waals surface area contributed by atoms with Gasteiger partial charge < -0.3 is 0 Å². The van der Waals surface area contributed by atoms with Gasteiger partial charge >= 0.3 is 0 Å². The third kappa shape index (κ3) is 6.58. The third-order valence-electron chi connectivity index (χ3n) is 14.8. The lowest BCUT2D eigenvalue weighted by molar-refractivity contribution is 0.549. The number of rotatable bonds is 3. The first kappa shape index (κ1) is 50.5. The molecule has 0 atom stereocenters. The van der Waals surface area contributed by atoms with E-state index in [2.05, 4.69) is 228 Å². The second-order valence-corrected chi connectivity index (χ2v) is 93.4. The molecule has 1 heterocycles. The first-order valence-corrected chi connectivity index (χ1v) is 40.5. The Labute approximate surface area is 333 Å². The molecule has 1 rings (SSSR count). The summed E-state index contributed by atoms with van der Waals surface area (Å²) in [5.41, 5.74) is 0. The van der Waals surface area contributed by atoms with Crippen molar-refractivity contribution >= 4 is 51.1 Å². The summed E-state index contributed by atoms with van der Waals surface area (Å²) in [5.74, 6) is 0. The summed E-state index contributed by atoms with van der Waals surface area (Å²) in [4.78, 5) is 0. The van der Waals surface area contributed by atoms with Crippen LogP contribution in [0.3, 0.4) is 0 Å². The fraction of sp³-hybridized carbons (Fsp3) is 1.00. The van der Waals surface area contributed by atoms with Gasteiger partial charge in [0.25, 0.3) is 0 Å². The second kappa shape index (κ2) is 13.0. The second-order valence-electron chi connectivity index (χ2n) is 28.9. The molecule has 0 N–H and O–H groups in total. The van der Waals surface area contributed by atoms with Crippen LogP contribution in [0.4, 0.5) is 0 Å². The molecule has 0 bridgehead atoms. The van der Waals surface area contributed by atoms with E-state index in [-0.39, 0.29) is 0 Å². The summed E-state index contributed by atoms with van der Waals surface area (Å²) >= 11 is 0. The molecule has 0 saturated carbocycles. The van der Waals surface area contributed by atoms with E-state index in [0.29, 0.717) is 55.4 Å². The Morgan fingerprint density at radius 1 is 0.294 bits per heavy atom. The summed E-state index contributed by atoms with van der Waals surface area (Å²) in [6, 6.07) is 0. The van der Waals surface area contributed by atoms with Crippen LogP contribution in [0.15, 0.2) is 0 Å². The molecule has 51 heavy (non-hydrogen) atoms. The highest BCUT2D eigenvalue weighted by Gasteiger charge is 2.94. The van der Waals surface area contributed by atoms with Crippen molar-refractivity contribution in [2.75, 3.05) is 0 Å². The van der Waals surface area contributed by atoms with Crippen molar-refractivity contribution in [2.24, 2.45) is 0 Å². The van der Waals surface area contributed by atoms with Crippen LogP contribution >= 0.6 is 0 Å². The zero-order chi connectivity index (χ0) is 42.2. The molecule has 0 spiro atoms. The highest BCUT2D eigenvalue weighted by molar-refractivity contribution is 8.15. The van der Waals surface area contributed by atoms with E-state index in [0.717, 1.165) is 0 Å². The quantitative estimate of drug-likeness (QED) is 0.249. The van der Waals surface area contributed by atoms with Crippen molar-refractivity contribution < 1.29 is 0 Å². The molecule has 0 nitrogen and oxygen atoms in total. The maximum atomic E-state index is 2.87. The molecule has 0 aromatic rings. The first-order valence-electron chi connectivity index (χ1n) is 21.0. The van der Waals surface area contributed by atoms with Gasteiger partial charge in [0.05, 0.1) is 0 Å². The fourth-order valence-electron chi connectivity index (χ4n) is 18.0. The topological polar surface area (TPSA) is 0 Å². The molecule has 0 aliphatic carbocycles. The van der Waals surface area contributed by atoms with Crippen molar-refractivity contribution in [3.05, 3.63) is 0 Å². The average molecular weight is 825 g/mol. The van der Waals surface area contributed by atoms with Crippen LogP contribution < -0.4 is 0 Å². The van der Waals surface area contributed by atoms with Gasteiger partial charge in [-0.25, -0.2) is 0 Å². The van der Waals surface area contributed by atoms with Crippen LogP contribution in [0.5, 0.6) is 0 Å². The molecule has 0 unspecified atom stereocenters. The predicted molar refractivity (Wildman–Crippen MR) is 257 cm³/mol. The van der Waals surface area contributed by atoms with Crippen molar-refractivity contribution in [2.45, 2.75) is 284 Å². The summed E-state index contributed by atoms with van der Waals surface area (Å²) in [5, 5.41) is 3.59. The van der Waals surface area contributed by atoms with Crippen LogP contribution in [0.2, 0.25) is 55.4 Å². The van der Waals surface area contributed by atoms with Crippen molar-refractivity contribution in [1.82, 2.24) is 0 Å². The first-order chi connectivity index (χ1) is 21.4. The minimum Gasteiger partial charge on any atom is -0.0625 e. The average Bonchev–Trinajstić information content (AvgIpc) is 2.65. The molecule has 0 fully saturated rings.